The van der Waals surface area contributed by atoms with Crippen molar-refractivity contribution in [2.75, 3.05) is 25.4 Å². The fourth-order valence-electron chi connectivity index (χ4n) is 1.65. The molecule has 0 unspecified atom stereocenters. The Morgan fingerprint density at radius 1 is 1.56 bits per heavy atom. The van der Waals surface area contributed by atoms with Gasteiger partial charge in [-0.05, 0) is 13.0 Å². The van der Waals surface area contributed by atoms with Gasteiger partial charge in [-0.1, -0.05) is 19.4 Å². The third-order valence-corrected chi connectivity index (χ3v) is 4.11. The van der Waals surface area contributed by atoms with Gasteiger partial charge in [0.25, 0.3) is 0 Å². The summed E-state index contributed by atoms with van der Waals surface area (Å²) in [7, 11) is 0. The van der Waals surface area contributed by atoms with Gasteiger partial charge in [-0.25, -0.2) is 5.84 Å². The van der Waals surface area contributed by atoms with Crippen LogP contribution in [0.5, 0.6) is 0 Å². The molecule has 0 aromatic heterocycles. The van der Waals surface area contributed by atoms with Crippen molar-refractivity contribution in [2.45, 2.75) is 31.4 Å². The van der Waals surface area contributed by atoms with Crippen molar-refractivity contribution >= 4 is 17.7 Å². The van der Waals surface area contributed by atoms with Gasteiger partial charge in [-0.15, -0.1) is 0 Å². The predicted molar refractivity (Wildman–Crippen MR) is 65.6 cm³/mol. The maximum absolute atomic E-state index is 11.1. The first-order valence-electron chi connectivity index (χ1n) is 5.55. The zero-order chi connectivity index (χ0) is 12.0. The van der Waals surface area contributed by atoms with Crippen molar-refractivity contribution in [2.24, 2.45) is 5.84 Å². The van der Waals surface area contributed by atoms with Crippen LogP contribution < -0.4 is 11.4 Å². The molecule has 0 aromatic carbocycles. The molecule has 1 aliphatic heterocycles. The van der Waals surface area contributed by atoms with E-state index in [0.717, 1.165) is 31.8 Å². The number of nitrogens with two attached hydrogens (primary N) is 1. The lowest BCUT2D eigenvalue weighted by molar-refractivity contribution is -0.151. The highest BCUT2D eigenvalue weighted by Crippen LogP contribution is 2.30. The van der Waals surface area contributed by atoms with Crippen LogP contribution in [0.1, 0.15) is 26.7 Å². The number of nitrogens with zero attached hydrogens (tertiary/aromatic N) is 1. The Hall–Kier alpha value is -0.300. The second-order valence-corrected chi connectivity index (χ2v) is 6.34. The van der Waals surface area contributed by atoms with E-state index in [0.29, 0.717) is 11.2 Å². The molecule has 1 aliphatic rings. The van der Waals surface area contributed by atoms with E-state index in [1.165, 1.54) is 0 Å². The molecule has 6 heteroatoms. The minimum Gasteiger partial charge on any atom is -0.356 e. The normalized spacial score (nSPS) is 21.4. The number of carbonyl (C=O) groups excluding carboxylic acids is 1. The Morgan fingerprint density at radius 2 is 2.31 bits per heavy atom. The summed E-state index contributed by atoms with van der Waals surface area (Å²) in [6.45, 7) is 7.37. The van der Waals surface area contributed by atoms with E-state index in [1.54, 1.807) is 0 Å². The van der Waals surface area contributed by atoms with E-state index >= 15 is 0 Å². The summed E-state index contributed by atoms with van der Waals surface area (Å²) in [6, 6.07) is 0. The predicted octanol–water partition coefficient (Wildman–Crippen LogP) is 0.516. The van der Waals surface area contributed by atoms with E-state index in [2.05, 4.69) is 23.6 Å². The third-order valence-electron chi connectivity index (χ3n) is 2.74. The van der Waals surface area contributed by atoms with Gasteiger partial charge >= 0.3 is 5.97 Å². The van der Waals surface area contributed by atoms with Gasteiger partial charge in [0.15, 0.2) is 0 Å². The maximum Gasteiger partial charge on any atom is 0.327 e. The topological polar surface area (TPSA) is 67.6 Å². The molecule has 0 spiro atoms. The average Bonchev–Trinajstić information content (AvgIpc) is 2.37. The van der Waals surface area contributed by atoms with Crippen molar-refractivity contribution in [1.29, 1.82) is 0 Å². The standard InChI is InChI=1S/C10H21N3O2S/c1-10(2)4-6-13(7-8-16-10)5-3-9(14)15-12-11/h12H,3-8,11H2,1-2H3. The summed E-state index contributed by atoms with van der Waals surface area (Å²) in [4.78, 5) is 17.9. The molecule has 0 radical (unpaired) electrons. The molecule has 1 rings (SSSR count). The Labute approximate surface area is 101 Å². The zero-order valence-corrected chi connectivity index (χ0v) is 10.8. The molecule has 5 nitrogen and oxygen atoms in total. The van der Waals surface area contributed by atoms with Crippen molar-refractivity contribution in [3.63, 3.8) is 0 Å². The fraction of sp³-hybridized carbons (Fsp3) is 0.900. The highest BCUT2D eigenvalue weighted by atomic mass is 32.2. The van der Waals surface area contributed by atoms with Gasteiger partial charge in [0.2, 0.25) is 0 Å². The van der Waals surface area contributed by atoms with E-state index in [1.807, 2.05) is 17.4 Å². The summed E-state index contributed by atoms with van der Waals surface area (Å²) in [6.07, 6.45) is 1.54. The number of carbonyl (C=O) groups is 1. The minimum atomic E-state index is -0.307. The molecule has 0 aliphatic carbocycles. The molecule has 0 saturated carbocycles. The average molecular weight is 247 g/mol. The van der Waals surface area contributed by atoms with Crippen LogP contribution in [0.25, 0.3) is 0 Å². The Kier molecular flexibility index (Phi) is 5.54. The molecule has 1 fully saturated rings. The zero-order valence-electron chi connectivity index (χ0n) is 9.99. The Morgan fingerprint density at radius 3 is 3.00 bits per heavy atom. The number of nitrogens with one attached hydrogen (secondary N) is 1. The first kappa shape index (κ1) is 13.8. The Bertz CT molecular complexity index is 236. The number of rotatable bonds is 4. The fourth-order valence-corrected chi connectivity index (χ4v) is 2.79. The molecule has 0 atom stereocenters. The molecular formula is C10H21N3O2S. The van der Waals surface area contributed by atoms with Crippen LogP contribution in [0.2, 0.25) is 0 Å². The third kappa shape index (κ3) is 5.16. The molecule has 1 saturated heterocycles. The molecule has 0 amide bonds. The van der Waals surface area contributed by atoms with Crippen LogP contribution in [0.15, 0.2) is 0 Å². The SMILES string of the molecule is CC1(C)CCN(CCC(=O)ONN)CCS1. The van der Waals surface area contributed by atoms with Gasteiger partial charge in [-0.3, -0.25) is 4.79 Å². The molecule has 0 aromatic rings. The number of hydrogen-bond acceptors (Lipinski definition) is 6. The lowest BCUT2D eigenvalue weighted by Crippen LogP contribution is -2.32. The van der Waals surface area contributed by atoms with Crippen LogP contribution in [0.4, 0.5) is 0 Å². The maximum atomic E-state index is 11.1. The lowest BCUT2D eigenvalue weighted by Gasteiger charge is -2.22. The number of hydrazine groups is 1. The van der Waals surface area contributed by atoms with Gasteiger partial charge in [-0.2, -0.15) is 11.8 Å². The molecule has 16 heavy (non-hydrogen) atoms. The van der Waals surface area contributed by atoms with E-state index in [9.17, 15) is 4.79 Å². The molecule has 1 heterocycles. The smallest absolute Gasteiger partial charge is 0.327 e. The largest absolute Gasteiger partial charge is 0.356 e. The monoisotopic (exact) mass is 247 g/mol. The van der Waals surface area contributed by atoms with Gasteiger partial charge < -0.3 is 9.74 Å². The quantitative estimate of drug-likeness (QED) is 0.557. The first-order valence-corrected chi connectivity index (χ1v) is 6.54. The van der Waals surface area contributed by atoms with Crippen LogP contribution in [-0.2, 0) is 9.63 Å². The summed E-state index contributed by atoms with van der Waals surface area (Å²) in [5, 5.41) is 0. The first-order chi connectivity index (χ1) is 7.53. The van der Waals surface area contributed by atoms with Crippen molar-refractivity contribution < 1.29 is 9.63 Å². The van der Waals surface area contributed by atoms with E-state index in [-0.39, 0.29) is 5.97 Å². The van der Waals surface area contributed by atoms with Crippen LogP contribution >= 0.6 is 11.8 Å². The van der Waals surface area contributed by atoms with Crippen LogP contribution in [0, 0.1) is 0 Å². The molecule has 0 bridgehead atoms. The minimum absolute atomic E-state index is 0.307. The second kappa shape index (κ2) is 6.44. The van der Waals surface area contributed by atoms with Crippen LogP contribution in [0.3, 0.4) is 0 Å². The molecule has 94 valence electrons. The summed E-state index contributed by atoms with van der Waals surface area (Å²) in [5.41, 5.74) is 1.91. The van der Waals surface area contributed by atoms with Crippen molar-refractivity contribution in [3.8, 4) is 0 Å². The summed E-state index contributed by atoms with van der Waals surface area (Å²) in [5.74, 6) is 5.70. The van der Waals surface area contributed by atoms with Gasteiger partial charge in [0.05, 0.1) is 6.42 Å². The highest BCUT2D eigenvalue weighted by Gasteiger charge is 2.23. The summed E-state index contributed by atoms with van der Waals surface area (Å²) >= 11 is 2.00. The van der Waals surface area contributed by atoms with Gasteiger partial charge in [0, 0.05) is 23.6 Å². The van der Waals surface area contributed by atoms with Crippen molar-refractivity contribution in [3.05, 3.63) is 0 Å². The summed E-state index contributed by atoms with van der Waals surface area (Å²) < 4.78 is 0.355. The van der Waals surface area contributed by atoms with Gasteiger partial charge in [0.1, 0.15) is 0 Å². The highest BCUT2D eigenvalue weighted by molar-refractivity contribution is 8.00. The van der Waals surface area contributed by atoms with Crippen LogP contribution in [-0.4, -0.2) is 41.0 Å². The number of hydrogen-bond donors (Lipinski definition) is 2. The molecule has 3 N–H and O–H groups in total. The lowest BCUT2D eigenvalue weighted by atomic mass is 10.1. The van der Waals surface area contributed by atoms with E-state index in [4.69, 9.17) is 5.84 Å². The second-order valence-electron chi connectivity index (χ2n) is 4.54. The Balaban J connectivity index is 2.25. The van der Waals surface area contributed by atoms with Crippen molar-refractivity contribution in [1.82, 2.24) is 10.5 Å². The molecular weight excluding hydrogens is 226 g/mol. The number of thioether (sulfide) groups is 1. The van der Waals surface area contributed by atoms with E-state index < -0.39 is 0 Å².